The predicted octanol–water partition coefficient (Wildman–Crippen LogP) is 0.937. The third kappa shape index (κ3) is 2.16. The van der Waals surface area contributed by atoms with Crippen LogP contribution in [0.3, 0.4) is 0 Å². The smallest absolute Gasteiger partial charge is 0.302 e. The van der Waals surface area contributed by atoms with Gasteiger partial charge in [0.1, 0.15) is 6.10 Å². The Labute approximate surface area is 66.3 Å². The molecule has 1 rings (SSSR count). The third-order valence-corrected chi connectivity index (χ3v) is 2.90. The van der Waals surface area contributed by atoms with Crippen molar-refractivity contribution in [1.82, 2.24) is 0 Å². The van der Waals surface area contributed by atoms with Gasteiger partial charge in [-0.15, -0.1) is 0 Å². The summed E-state index contributed by atoms with van der Waals surface area (Å²) in [6, 6.07) is 0. The standard InChI is InChI=1S/C3H6IO4P/c4-1-3-2-7-9(5,6)8-3/h3H,1-2H2,(H,5,6). The van der Waals surface area contributed by atoms with Crippen molar-refractivity contribution in [3.05, 3.63) is 0 Å². The molecular weight excluding hydrogens is 258 g/mol. The predicted molar refractivity (Wildman–Crippen MR) is 39.5 cm³/mol. The summed E-state index contributed by atoms with van der Waals surface area (Å²) in [5, 5.41) is 0. The molecule has 0 bridgehead atoms. The van der Waals surface area contributed by atoms with E-state index in [1.54, 1.807) is 0 Å². The van der Waals surface area contributed by atoms with Gasteiger partial charge in [-0.25, -0.2) is 4.57 Å². The fourth-order valence-electron chi connectivity index (χ4n) is 0.499. The molecule has 9 heavy (non-hydrogen) atoms. The number of rotatable bonds is 1. The number of hydrogen-bond acceptors (Lipinski definition) is 3. The minimum atomic E-state index is -3.62. The van der Waals surface area contributed by atoms with E-state index in [4.69, 9.17) is 4.89 Å². The SMILES string of the molecule is O=P1(O)OCC(CI)O1. The lowest BCUT2D eigenvalue weighted by Crippen LogP contribution is -2.09. The molecule has 1 aliphatic rings. The molecule has 1 N–H and O–H groups in total. The Kier molecular flexibility index (Phi) is 2.50. The normalized spacial score (nSPS) is 43.6. The number of hydrogen-bond donors (Lipinski definition) is 1. The summed E-state index contributed by atoms with van der Waals surface area (Å²) < 4.78 is 20.2. The molecule has 0 saturated carbocycles. The summed E-state index contributed by atoms with van der Waals surface area (Å²) >= 11 is 2.07. The van der Waals surface area contributed by atoms with Gasteiger partial charge in [-0.3, -0.25) is 9.05 Å². The molecule has 6 heteroatoms. The lowest BCUT2D eigenvalue weighted by atomic mass is 10.5. The van der Waals surface area contributed by atoms with Gasteiger partial charge >= 0.3 is 7.82 Å². The zero-order chi connectivity index (χ0) is 6.91. The minimum Gasteiger partial charge on any atom is -0.302 e. The fourth-order valence-corrected chi connectivity index (χ4v) is 2.15. The molecule has 1 saturated heterocycles. The first-order valence-electron chi connectivity index (χ1n) is 2.36. The molecule has 1 fully saturated rings. The topological polar surface area (TPSA) is 55.8 Å². The van der Waals surface area contributed by atoms with Gasteiger partial charge in [0.2, 0.25) is 0 Å². The average Bonchev–Trinajstić information content (AvgIpc) is 2.10. The molecule has 0 spiro atoms. The Morgan fingerprint density at radius 2 is 2.56 bits per heavy atom. The van der Waals surface area contributed by atoms with Crippen LogP contribution in [0.5, 0.6) is 0 Å². The maximum Gasteiger partial charge on any atom is 0.472 e. The first-order valence-corrected chi connectivity index (χ1v) is 5.38. The monoisotopic (exact) mass is 264 g/mol. The molecule has 0 aromatic heterocycles. The van der Waals surface area contributed by atoms with E-state index in [-0.39, 0.29) is 12.7 Å². The van der Waals surface area contributed by atoms with Gasteiger partial charge in [-0.2, -0.15) is 0 Å². The maximum atomic E-state index is 10.5. The van der Waals surface area contributed by atoms with E-state index in [1.165, 1.54) is 0 Å². The van der Waals surface area contributed by atoms with Gasteiger partial charge in [0.25, 0.3) is 0 Å². The van der Waals surface area contributed by atoms with Crippen molar-refractivity contribution < 1.29 is 18.5 Å². The van der Waals surface area contributed by atoms with Gasteiger partial charge in [0.05, 0.1) is 6.61 Å². The highest BCUT2D eigenvalue weighted by Crippen LogP contribution is 2.49. The summed E-state index contributed by atoms with van der Waals surface area (Å²) in [5.41, 5.74) is 0. The van der Waals surface area contributed by atoms with Crippen molar-refractivity contribution in [2.24, 2.45) is 0 Å². The summed E-state index contributed by atoms with van der Waals surface area (Å²) in [6.45, 7) is 0.233. The first-order chi connectivity index (χ1) is 4.14. The van der Waals surface area contributed by atoms with Crippen LogP contribution in [0.1, 0.15) is 0 Å². The van der Waals surface area contributed by atoms with Crippen molar-refractivity contribution in [1.29, 1.82) is 0 Å². The van der Waals surface area contributed by atoms with E-state index in [1.807, 2.05) is 0 Å². The van der Waals surface area contributed by atoms with Gasteiger partial charge < -0.3 is 4.89 Å². The van der Waals surface area contributed by atoms with Crippen molar-refractivity contribution in [2.45, 2.75) is 6.10 Å². The van der Waals surface area contributed by atoms with Crippen LogP contribution >= 0.6 is 30.4 Å². The second-order valence-corrected chi connectivity index (χ2v) is 3.93. The molecule has 0 aromatic carbocycles. The quantitative estimate of drug-likeness (QED) is 0.435. The highest BCUT2D eigenvalue weighted by molar-refractivity contribution is 14.1. The third-order valence-electron chi connectivity index (χ3n) is 0.878. The average molecular weight is 264 g/mol. The van der Waals surface area contributed by atoms with Gasteiger partial charge in [0, 0.05) is 4.43 Å². The molecule has 1 aliphatic heterocycles. The maximum absolute atomic E-state index is 10.5. The Hall–Kier alpha value is 0.840. The lowest BCUT2D eigenvalue weighted by molar-refractivity contribution is 0.235. The molecule has 0 radical (unpaired) electrons. The molecule has 54 valence electrons. The van der Waals surface area contributed by atoms with Crippen LogP contribution in [0, 0.1) is 0 Å². The summed E-state index contributed by atoms with van der Waals surface area (Å²) in [6.07, 6.45) is -0.207. The highest BCUT2D eigenvalue weighted by Gasteiger charge is 2.34. The molecular formula is C3H6IO4P. The van der Waals surface area contributed by atoms with Crippen molar-refractivity contribution in [3.63, 3.8) is 0 Å². The number of alkyl halides is 1. The van der Waals surface area contributed by atoms with E-state index in [0.717, 1.165) is 0 Å². The molecule has 2 unspecified atom stereocenters. The van der Waals surface area contributed by atoms with Gasteiger partial charge in [0.15, 0.2) is 0 Å². The van der Waals surface area contributed by atoms with Crippen LogP contribution in [-0.4, -0.2) is 22.0 Å². The van der Waals surface area contributed by atoms with Gasteiger partial charge in [-0.05, 0) is 0 Å². The fraction of sp³-hybridized carbons (Fsp3) is 1.00. The molecule has 0 aliphatic carbocycles. The molecule has 2 atom stereocenters. The molecule has 4 nitrogen and oxygen atoms in total. The molecule has 0 aromatic rings. The van der Waals surface area contributed by atoms with Crippen LogP contribution in [0.25, 0.3) is 0 Å². The van der Waals surface area contributed by atoms with E-state index >= 15 is 0 Å². The summed E-state index contributed by atoms with van der Waals surface area (Å²) in [7, 11) is -3.62. The summed E-state index contributed by atoms with van der Waals surface area (Å²) in [4.78, 5) is 8.60. The zero-order valence-electron chi connectivity index (χ0n) is 4.49. The Balaban J connectivity index is 2.47. The second kappa shape index (κ2) is 2.84. The minimum absolute atomic E-state index is 0.207. The summed E-state index contributed by atoms with van der Waals surface area (Å²) in [5.74, 6) is 0. The van der Waals surface area contributed by atoms with E-state index < -0.39 is 7.82 Å². The van der Waals surface area contributed by atoms with Crippen LogP contribution in [0.15, 0.2) is 0 Å². The zero-order valence-corrected chi connectivity index (χ0v) is 7.54. The van der Waals surface area contributed by atoms with Crippen LogP contribution in [0.2, 0.25) is 0 Å². The Morgan fingerprint density at radius 1 is 1.89 bits per heavy atom. The van der Waals surface area contributed by atoms with Crippen molar-refractivity contribution in [3.8, 4) is 0 Å². The lowest BCUT2D eigenvalue weighted by Gasteiger charge is -2.00. The Bertz CT molecular complexity index is 149. The largest absolute Gasteiger partial charge is 0.472 e. The van der Waals surface area contributed by atoms with Crippen molar-refractivity contribution >= 4 is 30.4 Å². The Morgan fingerprint density at radius 3 is 2.78 bits per heavy atom. The second-order valence-electron chi connectivity index (χ2n) is 1.65. The van der Waals surface area contributed by atoms with Crippen LogP contribution < -0.4 is 0 Å². The molecule has 0 amide bonds. The van der Waals surface area contributed by atoms with E-state index in [2.05, 4.69) is 31.6 Å². The van der Waals surface area contributed by atoms with Crippen LogP contribution in [0.4, 0.5) is 0 Å². The van der Waals surface area contributed by atoms with Crippen molar-refractivity contribution in [2.75, 3.05) is 11.0 Å². The van der Waals surface area contributed by atoms with Crippen LogP contribution in [-0.2, 0) is 13.6 Å². The van der Waals surface area contributed by atoms with E-state index in [0.29, 0.717) is 4.43 Å². The number of phosphoric acid groups is 1. The number of phosphoric ester groups is 1. The van der Waals surface area contributed by atoms with E-state index in [9.17, 15) is 4.57 Å². The highest BCUT2D eigenvalue weighted by atomic mass is 127. The first kappa shape index (κ1) is 7.94. The van der Waals surface area contributed by atoms with Gasteiger partial charge in [-0.1, -0.05) is 22.6 Å². The number of halogens is 1. The molecule has 1 heterocycles.